The van der Waals surface area contributed by atoms with Crippen molar-refractivity contribution in [3.05, 3.63) is 0 Å². The number of likely N-dealkylation sites (tertiary alicyclic amines) is 1. The summed E-state index contributed by atoms with van der Waals surface area (Å²) in [5.74, 6) is 0.540. The van der Waals surface area contributed by atoms with E-state index in [1.165, 1.54) is 0 Å². The molecule has 5 heteroatoms. The topological polar surface area (TPSA) is 50.8 Å². The van der Waals surface area contributed by atoms with Gasteiger partial charge in [0.15, 0.2) is 0 Å². The molecule has 1 atom stereocenters. The fourth-order valence-corrected chi connectivity index (χ4v) is 2.18. The quantitative estimate of drug-likeness (QED) is 0.825. The molecule has 2 fully saturated rings. The molecule has 5 nitrogen and oxygen atoms in total. The third kappa shape index (κ3) is 3.85. The summed E-state index contributed by atoms with van der Waals surface area (Å²) in [6.07, 6.45) is 0.872. The van der Waals surface area contributed by atoms with Crippen LogP contribution in [-0.2, 0) is 9.47 Å². The minimum atomic E-state index is -0.406. The van der Waals surface area contributed by atoms with Crippen LogP contribution < -0.4 is 5.32 Å². The first-order chi connectivity index (χ1) is 8.44. The largest absolute Gasteiger partial charge is 0.444 e. The number of amides is 1. The lowest BCUT2D eigenvalue weighted by Gasteiger charge is -2.28. The maximum absolute atomic E-state index is 11.9. The van der Waals surface area contributed by atoms with Gasteiger partial charge in [-0.1, -0.05) is 0 Å². The molecule has 0 aromatic heterocycles. The van der Waals surface area contributed by atoms with E-state index in [2.05, 4.69) is 5.32 Å². The molecular weight excluding hydrogens is 232 g/mol. The van der Waals surface area contributed by atoms with Crippen molar-refractivity contribution in [1.82, 2.24) is 10.2 Å². The number of ether oxygens (including phenoxy) is 2. The van der Waals surface area contributed by atoms with E-state index >= 15 is 0 Å². The number of rotatable bonds is 3. The molecule has 2 heterocycles. The van der Waals surface area contributed by atoms with Gasteiger partial charge in [0.05, 0.1) is 19.3 Å². The molecular formula is C13H24N2O3. The van der Waals surface area contributed by atoms with Gasteiger partial charge < -0.3 is 19.7 Å². The predicted molar refractivity (Wildman–Crippen MR) is 68.5 cm³/mol. The molecule has 1 amide bonds. The lowest BCUT2D eigenvalue weighted by atomic mass is 10.1. The number of hydrogen-bond donors (Lipinski definition) is 1. The molecule has 104 valence electrons. The van der Waals surface area contributed by atoms with Gasteiger partial charge in [-0.2, -0.15) is 0 Å². The molecule has 0 saturated carbocycles. The van der Waals surface area contributed by atoms with Crippen LogP contribution in [0.25, 0.3) is 0 Å². The van der Waals surface area contributed by atoms with Crippen LogP contribution in [0.5, 0.6) is 0 Å². The van der Waals surface area contributed by atoms with E-state index < -0.39 is 5.60 Å². The molecule has 2 rings (SSSR count). The minimum absolute atomic E-state index is 0.183. The maximum Gasteiger partial charge on any atom is 0.410 e. The standard InChI is InChI=1S/C13H24N2O3/c1-13(2,3)18-12(16)15-5-4-10(7-15)6-14-11-8-17-9-11/h10-11,14H,4-9H2,1-3H3. The molecule has 2 aliphatic heterocycles. The first-order valence-electron chi connectivity index (χ1n) is 6.73. The van der Waals surface area contributed by atoms with Gasteiger partial charge in [0.2, 0.25) is 0 Å². The SMILES string of the molecule is CC(C)(C)OC(=O)N1CCC(CNC2COC2)C1. The summed E-state index contributed by atoms with van der Waals surface area (Å²) in [5.41, 5.74) is -0.406. The highest BCUT2D eigenvalue weighted by atomic mass is 16.6. The van der Waals surface area contributed by atoms with Crippen molar-refractivity contribution in [2.45, 2.75) is 38.8 Å². The van der Waals surface area contributed by atoms with E-state index in [1.54, 1.807) is 0 Å². The third-order valence-corrected chi connectivity index (χ3v) is 3.27. The molecule has 0 aromatic carbocycles. The molecule has 0 radical (unpaired) electrons. The molecule has 0 bridgehead atoms. The Balaban J connectivity index is 1.68. The molecule has 2 aliphatic rings. The van der Waals surface area contributed by atoms with E-state index in [-0.39, 0.29) is 6.09 Å². The lowest BCUT2D eigenvalue weighted by Crippen LogP contribution is -2.47. The summed E-state index contributed by atoms with van der Waals surface area (Å²) in [6.45, 7) is 9.92. The minimum Gasteiger partial charge on any atom is -0.444 e. The highest BCUT2D eigenvalue weighted by molar-refractivity contribution is 5.68. The molecule has 0 spiro atoms. The zero-order chi connectivity index (χ0) is 13.2. The van der Waals surface area contributed by atoms with Crippen LogP contribution >= 0.6 is 0 Å². The molecule has 0 aromatic rings. The second-order valence-corrected chi connectivity index (χ2v) is 6.22. The van der Waals surface area contributed by atoms with Crippen LogP contribution in [0.1, 0.15) is 27.2 Å². The van der Waals surface area contributed by atoms with Crippen LogP contribution in [0.3, 0.4) is 0 Å². The van der Waals surface area contributed by atoms with Gasteiger partial charge in [0.25, 0.3) is 0 Å². The van der Waals surface area contributed by atoms with Gasteiger partial charge in [0, 0.05) is 19.6 Å². The highest BCUT2D eigenvalue weighted by Gasteiger charge is 2.30. The fraction of sp³-hybridized carbons (Fsp3) is 0.923. The van der Waals surface area contributed by atoms with Crippen LogP contribution in [-0.4, -0.2) is 55.5 Å². The second-order valence-electron chi connectivity index (χ2n) is 6.22. The average Bonchev–Trinajstić information content (AvgIpc) is 2.61. The molecule has 0 aliphatic carbocycles. The van der Waals surface area contributed by atoms with E-state index in [1.807, 2.05) is 25.7 Å². The van der Waals surface area contributed by atoms with Gasteiger partial charge in [-0.3, -0.25) is 0 Å². The lowest BCUT2D eigenvalue weighted by molar-refractivity contribution is -0.00648. The van der Waals surface area contributed by atoms with E-state index in [9.17, 15) is 4.79 Å². The maximum atomic E-state index is 11.9. The Morgan fingerprint density at radius 2 is 2.17 bits per heavy atom. The Labute approximate surface area is 109 Å². The summed E-state index contributed by atoms with van der Waals surface area (Å²) in [5, 5.41) is 3.46. The monoisotopic (exact) mass is 256 g/mol. The summed E-state index contributed by atoms with van der Waals surface area (Å²) in [6, 6.07) is 0.514. The van der Waals surface area contributed by atoms with E-state index in [0.29, 0.717) is 12.0 Å². The van der Waals surface area contributed by atoms with Crippen molar-refractivity contribution in [2.24, 2.45) is 5.92 Å². The van der Waals surface area contributed by atoms with Crippen LogP contribution in [0.2, 0.25) is 0 Å². The predicted octanol–water partition coefficient (Wildman–Crippen LogP) is 1.23. The Kier molecular flexibility index (Phi) is 4.12. The van der Waals surface area contributed by atoms with Gasteiger partial charge in [-0.25, -0.2) is 4.79 Å². The number of carbonyl (C=O) groups excluding carboxylic acids is 1. The van der Waals surface area contributed by atoms with Gasteiger partial charge in [-0.15, -0.1) is 0 Å². The van der Waals surface area contributed by atoms with Crippen molar-refractivity contribution in [3.8, 4) is 0 Å². The van der Waals surface area contributed by atoms with Gasteiger partial charge in [0.1, 0.15) is 5.60 Å². The Morgan fingerprint density at radius 1 is 1.44 bits per heavy atom. The van der Waals surface area contributed by atoms with Crippen LogP contribution in [0.15, 0.2) is 0 Å². The fourth-order valence-electron chi connectivity index (χ4n) is 2.18. The number of nitrogens with one attached hydrogen (secondary N) is 1. The molecule has 18 heavy (non-hydrogen) atoms. The van der Waals surface area contributed by atoms with Crippen LogP contribution in [0, 0.1) is 5.92 Å². The van der Waals surface area contributed by atoms with Crippen LogP contribution in [0.4, 0.5) is 4.79 Å². The Bertz CT molecular complexity index is 297. The normalized spacial score (nSPS) is 25.1. The Morgan fingerprint density at radius 3 is 2.72 bits per heavy atom. The van der Waals surface area contributed by atoms with Gasteiger partial charge >= 0.3 is 6.09 Å². The molecule has 1 N–H and O–H groups in total. The van der Waals surface area contributed by atoms with Gasteiger partial charge in [-0.05, 0) is 33.1 Å². The van der Waals surface area contributed by atoms with Crippen molar-refractivity contribution in [2.75, 3.05) is 32.8 Å². The number of carbonyl (C=O) groups is 1. The first kappa shape index (κ1) is 13.6. The summed E-state index contributed by atoms with van der Waals surface area (Å²) in [4.78, 5) is 13.7. The smallest absolute Gasteiger partial charge is 0.410 e. The molecule has 1 unspecified atom stereocenters. The molecule has 2 saturated heterocycles. The zero-order valence-electron chi connectivity index (χ0n) is 11.6. The first-order valence-corrected chi connectivity index (χ1v) is 6.73. The van der Waals surface area contributed by atoms with Crippen molar-refractivity contribution in [1.29, 1.82) is 0 Å². The van der Waals surface area contributed by atoms with E-state index in [4.69, 9.17) is 9.47 Å². The zero-order valence-corrected chi connectivity index (χ0v) is 11.6. The second kappa shape index (κ2) is 5.45. The summed E-state index contributed by atoms with van der Waals surface area (Å²) >= 11 is 0. The van der Waals surface area contributed by atoms with E-state index in [0.717, 1.165) is 39.3 Å². The average molecular weight is 256 g/mol. The third-order valence-electron chi connectivity index (χ3n) is 3.27. The summed E-state index contributed by atoms with van der Waals surface area (Å²) in [7, 11) is 0. The highest BCUT2D eigenvalue weighted by Crippen LogP contribution is 2.19. The van der Waals surface area contributed by atoms with Crippen molar-refractivity contribution < 1.29 is 14.3 Å². The summed E-state index contributed by atoms with van der Waals surface area (Å²) < 4.78 is 10.5. The van der Waals surface area contributed by atoms with Crippen molar-refractivity contribution in [3.63, 3.8) is 0 Å². The van der Waals surface area contributed by atoms with Crippen molar-refractivity contribution >= 4 is 6.09 Å². The Hall–Kier alpha value is -0.810. The number of nitrogens with zero attached hydrogens (tertiary/aromatic N) is 1. The number of hydrogen-bond acceptors (Lipinski definition) is 4.